The predicted molar refractivity (Wildman–Crippen MR) is 195 cm³/mol. The summed E-state index contributed by atoms with van der Waals surface area (Å²) in [6, 6.07) is 31.5. The predicted octanol–water partition coefficient (Wildman–Crippen LogP) is 9.24. The van der Waals surface area contributed by atoms with Crippen molar-refractivity contribution in [1.82, 2.24) is 4.57 Å². The number of para-hydroxylation sites is 1. The molecule has 1 aromatic heterocycles. The number of aromatic nitrogens is 1. The Morgan fingerprint density at radius 2 is 1.64 bits per heavy atom. The zero-order valence-electron chi connectivity index (χ0n) is 29.1. The van der Waals surface area contributed by atoms with Gasteiger partial charge in [0.1, 0.15) is 5.82 Å². The molecule has 2 heterocycles. The lowest BCUT2D eigenvalue weighted by atomic mass is 9.94. The van der Waals surface area contributed by atoms with Crippen molar-refractivity contribution in [3.05, 3.63) is 126 Å². The number of benzene rings is 4. The second-order valence-corrected chi connectivity index (χ2v) is 13.0. The summed E-state index contributed by atoms with van der Waals surface area (Å²) >= 11 is 0. The largest absolute Gasteiger partial charge is 0.493 e. The van der Waals surface area contributed by atoms with Crippen LogP contribution in [-0.4, -0.2) is 41.2 Å². The molecule has 4 aromatic carbocycles. The van der Waals surface area contributed by atoms with Crippen LogP contribution >= 0.6 is 0 Å². The lowest BCUT2D eigenvalue weighted by molar-refractivity contribution is -0.178. The molecular formula is C42H45FN2O5. The highest BCUT2D eigenvalue weighted by Gasteiger charge is 2.33. The van der Waals surface area contributed by atoms with Crippen molar-refractivity contribution >= 4 is 11.6 Å². The number of rotatable bonds is 12. The van der Waals surface area contributed by atoms with E-state index in [1.54, 1.807) is 19.2 Å². The van der Waals surface area contributed by atoms with Gasteiger partial charge in [-0.3, -0.25) is 4.79 Å². The Bertz CT molecular complexity index is 1890. The Hall–Kier alpha value is -4.92. The third-order valence-corrected chi connectivity index (χ3v) is 9.20. The van der Waals surface area contributed by atoms with Gasteiger partial charge in [0, 0.05) is 29.9 Å². The van der Waals surface area contributed by atoms with E-state index >= 15 is 0 Å². The molecular weight excluding hydrogens is 631 g/mol. The van der Waals surface area contributed by atoms with Crippen LogP contribution in [0.25, 0.3) is 22.4 Å². The minimum Gasteiger partial charge on any atom is -0.493 e. The fourth-order valence-corrected chi connectivity index (χ4v) is 6.86. The molecule has 260 valence electrons. The van der Waals surface area contributed by atoms with Crippen molar-refractivity contribution in [2.45, 2.75) is 77.4 Å². The van der Waals surface area contributed by atoms with Crippen LogP contribution < -0.4 is 14.8 Å². The number of anilines is 1. The van der Waals surface area contributed by atoms with E-state index < -0.39 is 12.4 Å². The van der Waals surface area contributed by atoms with E-state index in [4.69, 9.17) is 14.2 Å². The summed E-state index contributed by atoms with van der Waals surface area (Å²) < 4.78 is 34.8. The highest BCUT2D eigenvalue weighted by atomic mass is 19.1. The SMILES string of the molecule is CCc1ccc(OC2C[C@H](O)C[C@@H](CCn3c(-c4ccc(F)cc4)c(-c4ccccc4)c(C(=O)Nc4ccccc4)c3C(C)C)O2)c(OC)c1. The van der Waals surface area contributed by atoms with Gasteiger partial charge >= 0.3 is 0 Å². The molecule has 1 aliphatic rings. The van der Waals surface area contributed by atoms with Gasteiger partial charge in [0.15, 0.2) is 11.5 Å². The lowest BCUT2D eigenvalue weighted by Gasteiger charge is -2.34. The number of carbonyl (C=O) groups excluding carboxylic acids is 1. The fourth-order valence-electron chi connectivity index (χ4n) is 6.86. The third kappa shape index (κ3) is 7.77. The van der Waals surface area contributed by atoms with Gasteiger partial charge in [0.2, 0.25) is 6.29 Å². The van der Waals surface area contributed by atoms with Gasteiger partial charge in [0.05, 0.1) is 30.6 Å². The van der Waals surface area contributed by atoms with Crippen molar-refractivity contribution in [2.75, 3.05) is 12.4 Å². The fraction of sp³-hybridized carbons (Fsp3) is 0.310. The molecule has 1 amide bonds. The third-order valence-electron chi connectivity index (χ3n) is 9.20. The Kier molecular flexibility index (Phi) is 11.0. The highest BCUT2D eigenvalue weighted by Crippen LogP contribution is 2.43. The second-order valence-electron chi connectivity index (χ2n) is 13.0. The molecule has 6 rings (SSSR count). The molecule has 2 N–H and O–H groups in total. The van der Waals surface area contributed by atoms with E-state index in [0.717, 1.165) is 40.1 Å². The molecule has 1 saturated heterocycles. The van der Waals surface area contributed by atoms with Gasteiger partial charge in [-0.2, -0.15) is 0 Å². The summed E-state index contributed by atoms with van der Waals surface area (Å²) in [5.74, 6) is 0.584. The van der Waals surface area contributed by atoms with Crippen molar-refractivity contribution < 1.29 is 28.5 Å². The van der Waals surface area contributed by atoms with Crippen molar-refractivity contribution in [3.63, 3.8) is 0 Å². The maximum atomic E-state index is 14.4. The molecule has 3 atom stereocenters. The smallest absolute Gasteiger partial charge is 0.258 e. The molecule has 0 saturated carbocycles. The number of aryl methyl sites for hydroxylation is 1. The minimum atomic E-state index is -0.664. The molecule has 0 aliphatic carbocycles. The normalized spacial score (nSPS) is 17.5. The average molecular weight is 677 g/mol. The summed E-state index contributed by atoms with van der Waals surface area (Å²) in [5.41, 5.74) is 6.54. The van der Waals surface area contributed by atoms with Gasteiger partial charge in [-0.1, -0.05) is 75.4 Å². The Labute approximate surface area is 293 Å². The first kappa shape index (κ1) is 34.9. The summed E-state index contributed by atoms with van der Waals surface area (Å²) in [4.78, 5) is 14.4. The van der Waals surface area contributed by atoms with E-state index in [9.17, 15) is 14.3 Å². The summed E-state index contributed by atoms with van der Waals surface area (Å²) in [6.45, 7) is 6.72. The first-order chi connectivity index (χ1) is 24.2. The topological polar surface area (TPSA) is 82.0 Å². The van der Waals surface area contributed by atoms with Gasteiger partial charge in [-0.05, 0) is 90.4 Å². The standard InChI is InChI=1S/C42H45FN2O5/c1-5-28-16-21-35(36(24-28)48-4)50-37-26-33(46)25-34(49-37)22-23-45-40(27(2)3)39(42(47)44-32-14-10-7-11-15-32)38(29-12-8-6-9-13-29)41(45)30-17-19-31(43)20-18-30/h6-21,24,27,33-34,37,46H,5,22-23,25-26H2,1-4H3,(H,44,47)/t33-,34-,37?/m1/s1. The number of ether oxygens (including phenoxy) is 3. The van der Waals surface area contributed by atoms with E-state index in [1.165, 1.54) is 12.1 Å². The van der Waals surface area contributed by atoms with E-state index in [0.29, 0.717) is 48.6 Å². The van der Waals surface area contributed by atoms with Crippen molar-refractivity contribution in [1.29, 1.82) is 0 Å². The van der Waals surface area contributed by atoms with Crippen LogP contribution in [0, 0.1) is 5.82 Å². The molecule has 8 heteroatoms. The van der Waals surface area contributed by atoms with E-state index in [1.807, 2.05) is 78.9 Å². The number of nitrogens with zero attached hydrogens (tertiary/aromatic N) is 1. The number of methoxy groups -OCH3 is 1. The quantitative estimate of drug-likeness (QED) is 0.138. The number of halogens is 1. The minimum absolute atomic E-state index is 0.0457. The van der Waals surface area contributed by atoms with E-state index in [2.05, 4.69) is 30.7 Å². The second kappa shape index (κ2) is 15.7. The van der Waals surface area contributed by atoms with Crippen molar-refractivity contribution in [3.8, 4) is 33.9 Å². The van der Waals surface area contributed by atoms with Gasteiger partial charge < -0.3 is 29.2 Å². The number of hydrogen-bond acceptors (Lipinski definition) is 5. The molecule has 5 aromatic rings. The van der Waals surface area contributed by atoms with Crippen molar-refractivity contribution in [2.24, 2.45) is 0 Å². The van der Waals surface area contributed by atoms with Gasteiger partial charge in [-0.15, -0.1) is 0 Å². The van der Waals surface area contributed by atoms with Crippen LogP contribution in [0.2, 0.25) is 0 Å². The number of aliphatic hydroxyl groups excluding tert-OH is 1. The van der Waals surface area contributed by atoms with Crippen LogP contribution in [0.5, 0.6) is 11.5 Å². The summed E-state index contributed by atoms with van der Waals surface area (Å²) in [7, 11) is 1.61. The first-order valence-electron chi connectivity index (χ1n) is 17.4. The summed E-state index contributed by atoms with van der Waals surface area (Å²) in [5, 5.41) is 14.1. The Morgan fingerprint density at radius 1 is 0.940 bits per heavy atom. The maximum absolute atomic E-state index is 14.4. The van der Waals surface area contributed by atoms with E-state index in [-0.39, 0.29) is 23.7 Å². The number of amides is 1. The molecule has 1 unspecified atom stereocenters. The molecule has 1 aliphatic heterocycles. The van der Waals surface area contributed by atoms with Crippen LogP contribution in [0.15, 0.2) is 103 Å². The Balaban J connectivity index is 1.39. The van der Waals surface area contributed by atoms with Gasteiger partial charge in [-0.25, -0.2) is 4.39 Å². The molecule has 0 radical (unpaired) electrons. The average Bonchev–Trinajstić information content (AvgIpc) is 3.47. The number of carbonyl (C=O) groups is 1. The zero-order chi connectivity index (χ0) is 35.2. The number of nitrogens with one attached hydrogen (secondary N) is 1. The number of aliphatic hydroxyl groups is 1. The van der Waals surface area contributed by atoms with Crippen LogP contribution in [-0.2, 0) is 17.7 Å². The first-order valence-corrected chi connectivity index (χ1v) is 17.4. The molecule has 7 nitrogen and oxygen atoms in total. The highest BCUT2D eigenvalue weighted by molar-refractivity contribution is 6.12. The van der Waals surface area contributed by atoms with Crippen LogP contribution in [0.3, 0.4) is 0 Å². The molecule has 1 fully saturated rings. The molecule has 0 bridgehead atoms. The number of hydrogen-bond donors (Lipinski definition) is 2. The molecule has 50 heavy (non-hydrogen) atoms. The Morgan fingerprint density at radius 3 is 2.30 bits per heavy atom. The lowest BCUT2D eigenvalue weighted by Crippen LogP contribution is -2.39. The monoisotopic (exact) mass is 676 g/mol. The maximum Gasteiger partial charge on any atom is 0.258 e. The van der Waals surface area contributed by atoms with Crippen LogP contribution in [0.4, 0.5) is 10.1 Å². The zero-order valence-corrected chi connectivity index (χ0v) is 29.1. The van der Waals surface area contributed by atoms with Crippen LogP contribution in [0.1, 0.15) is 67.6 Å². The summed E-state index contributed by atoms with van der Waals surface area (Å²) in [6.07, 6.45) is 0.591. The van der Waals surface area contributed by atoms with Gasteiger partial charge in [0.25, 0.3) is 5.91 Å². The molecule has 0 spiro atoms.